The van der Waals surface area contributed by atoms with E-state index < -0.39 is 12.2 Å². The van der Waals surface area contributed by atoms with E-state index in [-0.39, 0.29) is 6.10 Å². The molecule has 4 heteroatoms. The number of ether oxygens (including phenoxy) is 1. The number of nitrogens with one attached hydrogen (secondary N) is 1. The summed E-state index contributed by atoms with van der Waals surface area (Å²) >= 11 is 0. The minimum absolute atomic E-state index is 0.337. The zero-order valence-electron chi connectivity index (χ0n) is 11.0. The van der Waals surface area contributed by atoms with Gasteiger partial charge < -0.3 is 15.2 Å². The monoisotopic (exact) mass is 251 g/mol. The molecule has 0 saturated heterocycles. The van der Waals surface area contributed by atoms with Gasteiger partial charge in [-0.05, 0) is 18.9 Å². The summed E-state index contributed by atoms with van der Waals surface area (Å²) in [5.41, 5.74) is 1.55. The fourth-order valence-electron chi connectivity index (χ4n) is 1.92. The molecule has 0 radical (unpaired) electrons. The van der Waals surface area contributed by atoms with Crippen molar-refractivity contribution in [3.05, 3.63) is 11.1 Å². The fraction of sp³-hybridized carbons (Fsp3) is 0.643. The normalized spacial score (nSPS) is 23.4. The molecule has 0 saturated carbocycles. The van der Waals surface area contributed by atoms with Crippen molar-refractivity contribution in [1.82, 2.24) is 5.32 Å². The fourth-order valence-corrected chi connectivity index (χ4v) is 1.92. The Kier molecular flexibility index (Phi) is 5.73. The van der Waals surface area contributed by atoms with Gasteiger partial charge in [-0.3, -0.25) is 0 Å². The van der Waals surface area contributed by atoms with Gasteiger partial charge in [0.25, 0.3) is 0 Å². The third-order valence-corrected chi connectivity index (χ3v) is 3.14. The molecule has 0 spiro atoms. The third kappa shape index (κ3) is 4.08. The molecule has 100 valence electrons. The summed E-state index contributed by atoms with van der Waals surface area (Å²) < 4.78 is 5.25. The van der Waals surface area contributed by atoms with Gasteiger partial charge in [0.15, 0.2) is 0 Å². The molecule has 4 nitrogen and oxygen atoms in total. The molecule has 0 aliphatic heterocycles. The Morgan fingerprint density at radius 3 is 3.00 bits per heavy atom. The highest BCUT2D eigenvalue weighted by Crippen LogP contribution is 2.26. The molecule has 1 aliphatic rings. The number of alkyl carbamates (subject to hydrolysis) is 1. The van der Waals surface area contributed by atoms with Crippen molar-refractivity contribution in [1.29, 1.82) is 0 Å². The van der Waals surface area contributed by atoms with Crippen LogP contribution in [0.5, 0.6) is 0 Å². The minimum atomic E-state index is -0.613. The summed E-state index contributed by atoms with van der Waals surface area (Å²) in [7, 11) is 0. The van der Waals surface area contributed by atoms with Gasteiger partial charge in [-0.15, -0.1) is 6.42 Å². The third-order valence-electron chi connectivity index (χ3n) is 3.14. The van der Waals surface area contributed by atoms with Gasteiger partial charge in [0, 0.05) is 25.0 Å². The number of hydrogen-bond donors (Lipinski definition) is 2. The van der Waals surface area contributed by atoms with Gasteiger partial charge in [-0.25, -0.2) is 4.79 Å². The largest absolute Gasteiger partial charge is 0.446 e. The highest BCUT2D eigenvalue weighted by atomic mass is 16.6. The van der Waals surface area contributed by atoms with Crippen molar-refractivity contribution < 1.29 is 14.6 Å². The Hall–Kier alpha value is -1.47. The number of amides is 1. The van der Waals surface area contributed by atoms with Crippen molar-refractivity contribution in [2.75, 3.05) is 6.54 Å². The number of carbonyl (C=O) groups is 1. The molecule has 1 rings (SSSR count). The molecule has 0 aromatic carbocycles. The molecule has 0 aromatic rings. The van der Waals surface area contributed by atoms with Crippen LogP contribution in [0.25, 0.3) is 0 Å². The van der Waals surface area contributed by atoms with E-state index in [0.717, 1.165) is 24.0 Å². The lowest BCUT2D eigenvalue weighted by Crippen LogP contribution is -2.34. The second kappa shape index (κ2) is 7.07. The Morgan fingerprint density at radius 1 is 1.67 bits per heavy atom. The summed E-state index contributed by atoms with van der Waals surface area (Å²) in [6, 6.07) is 0. The number of terminal acetylenes is 1. The van der Waals surface area contributed by atoms with Crippen molar-refractivity contribution in [3.63, 3.8) is 0 Å². The number of hydrogen-bond acceptors (Lipinski definition) is 3. The zero-order valence-corrected chi connectivity index (χ0v) is 11.0. The molecule has 0 bridgehead atoms. The smallest absolute Gasteiger partial charge is 0.407 e. The van der Waals surface area contributed by atoms with E-state index in [2.05, 4.69) is 18.2 Å². The SMILES string of the molecule is C#CC1=C(C)[C@@H](O)C[C@H](OC(=O)NCCCC)C1. The predicted molar refractivity (Wildman–Crippen MR) is 70.0 cm³/mol. The van der Waals surface area contributed by atoms with E-state index in [1.54, 1.807) is 0 Å². The average molecular weight is 251 g/mol. The maximum atomic E-state index is 11.5. The number of carbonyl (C=O) groups excluding carboxylic acids is 1. The van der Waals surface area contributed by atoms with Gasteiger partial charge in [0.2, 0.25) is 0 Å². The lowest BCUT2D eigenvalue weighted by molar-refractivity contribution is 0.0572. The Balaban J connectivity index is 2.46. The van der Waals surface area contributed by atoms with Crippen LogP contribution in [0, 0.1) is 12.3 Å². The summed E-state index contributed by atoms with van der Waals surface area (Å²) in [6.45, 7) is 4.48. The van der Waals surface area contributed by atoms with Crippen LogP contribution < -0.4 is 5.32 Å². The van der Waals surface area contributed by atoms with Crippen LogP contribution in [-0.2, 0) is 4.74 Å². The second-order valence-electron chi connectivity index (χ2n) is 4.57. The first-order chi connectivity index (χ1) is 8.58. The first kappa shape index (κ1) is 14.6. The molecule has 18 heavy (non-hydrogen) atoms. The molecule has 1 aliphatic carbocycles. The van der Waals surface area contributed by atoms with Crippen LogP contribution >= 0.6 is 0 Å². The van der Waals surface area contributed by atoms with Crippen LogP contribution in [0.1, 0.15) is 39.5 Å². The van der Waals surface area contributed by atoms with Crippen LogP contribution in [-0.4, -0.2) is 30.0 Å². The summed E-state index contributed by atoms with van der Waals surface area (Å²) in [5.74, 6) is 2.55. The quantitative estimate of drug-likeness (QED) is 0.593. The number of rotatable bonds is 4. The standard InChI is InChI=1S/C14H21NO3/c1-4-6-7-15-14(17)18-12-8-11(5-2)10(3)13(16)9-12/h2,12-13,16H,4,6-9H2,1,3H3,(H,15,17)/t12-,13+/m1/s1. The zero-order chi connectivity index (χ0) is 13.5. The van der Waals surface area contributed by atoms with E-state index in [0.29, 0.717) is 19.4 Å². The Labute approximate surface area is 108 Å². The van der Waals surface area contributed by atoms with E-state index in [1.165, 1.54) is 0 Å². The molecule has 0 fully saturated rings. The highest BCUT2D eigenvalue weighted by molar-refractivity contribution is 5.67. The number of aliphatic hydroxyl groups excluding tert-OH is 1. The number of aliphatic hydroxyl groups is 1. The second-order valence-corrected chi connectivity index (χ2v) is 4.57. The topological polar surface area (TPSA) is 58.6 Å². The Bertz CT molecular complexity index is 368. The molecule has 0 heterocycles. The maximum Gasteiger partial charge on any atom is 0.407 e. The van der Waals surface area contributed by atoms with Crippen molar-refractivity contribution in [2.24, 2.45) is 0 Å². The van der Waals surface area contributed by atoms with Crippen LogP contribution in [0.15, 0.2) is 11.1 Å². The van der Waals surface area contributed by atoms with Crippen molar-refractivity contribution in [3.8, 4) is 12.3 Å². The van der Waals surface area contributed by atoms with Gasteiger partial charge in [0.1, 0.15) is 6.10 Å². The molecular weight excluding hydrogens is 230 g/mol. The van der Waals surface area contributed by atoms with Crippen LogP contribution in [0.4, 0.5) is 4.79 Å². The van der Waals surface area contributed by atoms with E-state index in [4.69, 9.17) is 11.2 Å². The van der Waals surface area contributed by atoms with Crippen molar-refractivity contribution >= 4 is 6.09 Å². The molecule has 0 aromatic heterocycles. The molecule has 2 atom stereocenters. The molecule has 0 unspecified atom stereocenters. The van der Waals surface area contributed by atoms with E-state index >= 15 is 0 Å². The summed E-state index contributed by atoms with van der Waals surface area (Å²) in [4.78, 5) is 11.5. The summed E-state index contributed by atoms with van der Waals surface area (Å²) in [5, 5.41) is 12.5. The van der Waals surface area contributed by atoms with Gasteiger partial charge >= 0.3 is 6.09 Å². The van der Waals surface area contributed by atoms with Crippen LogP contribution in [0.3, 0.4) is 0 Å². The molecule has 2 N–H and O–H groups in total. The molecular formula is C14H21NO3. The lowest BCUT2D eigenvalue weighted by atomic mass is 9.89. The summed E-state index contributed by atoms with van der Waals surface area (Å²) in [6.07, 6.45) is 6.87. The van der Waals surface area contributed by atoms with E-state index in [1.807, 2.05) is 6.92 Å². The van der Waals surface area contributed by atoms with Gasteiger partial charge in [0.05, 0.1) is 6.10 Å². The number of unbranched alkanes of at least 4 members (excludes halogenated alkanes) is 1. The minimum Gasteiger partial charge on any atom is -0.446 e. The predicted octanol–water partition coefficient (Wildman–Crippen LogP) is 1.99. The highest BCUT2D eigenvalue weighted by Gasteiger charge is 2.27. The lowest BCUT2D eigenvalue weighted by Gasteiger charge is -2.27. The van der Waals surface area contributed by atoms with Gasteiger partial charge in [-0.2, -0.15) is 0 Å². The molecule has 1 amide bonds. The first-order valence-corrected chi connectivity index (χ1v) is 6.37. The maximum absolute atomic E-state index is 11.5. The van der Waals surface area contributed by atoms with Gasteiger partial charge in [-0.1, -0.05) is 19.3 Å². The van der Waals surface area contributed by atoms with Crippen LogP contribution in [0.2, 0.25) is 0 Å². The first-order valence-electron chi connectivity index (χ1n) is 6.37. The average Bonchev–Trinajstić information content (AvgIpc) is 2.34. The van der Waals surface area contributed by atoms with E-state index in [9.17, 15) is 9.90 Å². The van der Waals surface area contributed by atoms with Crippen molar-refractivity contribution in [2.45, 2.75) is 51.7 Å². The Morgan fingerprint density at radius 2 is 2.39 bits per heavy atom.